The molecule has 11 aliphatic rings. The van der Waals surface area contributed by atoms with Crippen molar-refractivity contribution in [3.05, 3.63) is 12.2 Å². The number of hydroxylamine groups is 10. The predicted octanol–water partition coefficient (Wildman–Crippen LogP) is -7.89. The zero-order valence-corrected chi connectivity index (χ0v) is 58.5. The summed E-state index contributed by atoms with van der Waals surface area (Å²) < 4.78 is 42.9. The van der Waals surface area contributed by atoms with Gasteiger partial charge in [0, 0.05) is 41.2 Å². The van der Waals surface area contributed by atoms with Gasteiger partial charge < -0.3 is 126 Å². The summed E-state index contributed by atoms with van der Waals surface area (Å²) in [4.78, 5) is 96.2. The molecule has 103 heavy (non-hydrogen) atoms. The van der Waals surface area contributed by atoms with Crippen LogP contribution in [0, 0.1) is 0 Å². The molecule has 18 N–H and O–H groups in total. The first-order chi connectivity index (χ1) is 49.1. The van der Waals surface area contributed by atoms with Crippen LogP contribution in [0.4, 0.5) is 0 Å². The van der Waals surface area contributed by atoms with E-state index in [1.54, 1.807) is 0 Å². The molecule has 0 bridgehead atoms. The van der Waals surface area contributed by atoms with E-state index in [4.69, 9.17) is 57.3 Å². The van der Waals surface area contributed by atoms with Gasteiger partial charge in [0.15, 0.2) is 34.6 Å². The summed E-state index contributed by atoms with van der Waals surface area (Å²) >= 11 is 0. The van der Waals surface area contributed by atoms with Crippen molar-refractivity contribution >= 4 is 29.5 Å². The fourth-order valence-corrected chi connectivity index (χ4v) is 16.7. The van der Waals surface area contributed by atoms with E-state index in [0.29, 0.717) is 12.8 Å². The number of aliphatic hydroxyl groups is 13. The number of ether oxygens (including phenoxy) is 7. The van der Waals surface area contributed by atoms with Crippen LogP contribution in [0.25, 0.3) is 0 Å². The molecule has 0 radical (unpaired) electrons. The maximum atomic E-state index is 13.8. The average molecular weight is 1480 g/mol. The van der Waals surface area contributed by atoms with Gasteiger partial charge in [0.25, 0.3) is 0 Å². The van der Waals surface area contributed by atoms with Crippen LogP contribution in [0.15, 0.2) is 12.2 Å². The number of hydrogen-bond acceptors (Lipinski definition) is 35. The van der Waals surface area contributed by atoms with Crippen LogP contribution < -0.4 is 26.6 Å². The predicted molar refractivity (Wildman–Crippen MR) is 338 cm³/mol. The number of methoxy groups -OCH3 is 1. The first kappa shape index (κ1) is 79.9. The monoisotopic (exact) mass is 1480 g/mol. The van der Waals surface area contributed by atoms with Gasteiger partial charge in [-0.3, -0.25) is 48.2 Å². The molecule has 11 heterocycles. The molecule has 0 saturated carbocycles. The van der Waals surface area contributed by atoms with E-state index < -0.39 is 244 Å². The number of unbranched alkanes of at least 4 members (excludes halogenated alkanes) is 11. The van der Waals surface area contributed by atoms with Gasteiger partial charge in [0.2, 0.25) is 61.0 Å². The zero-order chi connectivity index (χ0) is 74.6. The Morgan fingerprint density at radius 2 is 0.786 bits per heavy atom. The molecule has 40 heteroatoms. The first-order valence-electron chi connectivity index (χ1n) is 35.5. The van der Waals surface area contributed by atoms with Gasteiger partial charge in [-0.1, -0.05) is 70.4 Å². The van der Waals surface area contributed by atoms with E-state index in [0.717, 1.165) is 98.0 Å². The molecule has 11 aliphatic heterocycles. The lowest BCUT2D eigenvalue weighted by molar-refractivity contribution is -0.477. The molecule has 0 aromatic rings. The minimum absolute atomic E-state index is 0.0137. The van der Waals surface area contributed by atoms with Crippen LogP contribution in [0.1, 0.15) is 131 Å². The molecular weight excluding hydrogens is 1380 g/mol. The number of fused-ring (bicyclic) bond motifs is 5. The van der Waals surface area contributed by atoms with E-state index in [1.807, 2.05) is 0 Å². The van der Waals surface area contributed by atoms with E-state index in [1.165, 1.54) is 39.7 Å². The number of carbonyl (C=O) groups is 5. The number of allylic oxidation sites excluding steroid dienone is 2. The van der Waals surface area contributed by atoms with Crippen LogP contribution >= 0.6 is 0 Å². The van der Waals surface area contributed by atoms with Crippen molar-refractivity contribution in [2.75, 3.05) is 40.1 Å². The number of nitrogens with one attached hydrogen (secondary N) is 5. The SMILES string of the molecule is CCCCCC/C=C\CCCCCCCCCC(=O)NC12C(O)[C@H](O)C(CO)N1O[C@H]2O[C@@H]1C(CO)N2O[C@@H](O[C@@H]3C(CO)N4O[C@@H](O[C@@H]5C(CO)N6O[C@@H](O[C@@H]7C(CO[C@@H]8OC(C)[C@@H](O)C(O)C8OC)N8OC(O)[C@@]8(NC(C)=O)C7O)C6(NC(C)=O)C5O)C4(NC(C)=O)C3O)C2(NC(C)=O)C1O. The topological polar surface area (TPSA) is 535 Å². The normalized spacial score (nSPS) is 44.7. The van der Waals surface area contributed by atoms with E-state index >= 15 is 0 Å². The van der Waals surface area contributed by atoms with Crippen LogP contribution in [0.5, 0.6) is 0 Å². The fraction of sp³-hybridized carbons (Fsp3) is 0.889. The van der Waals surface area contributed by atoms with Crippen LogP contribution in [0.3, 0.4) is 0 Å². The molecule has 11 saturated heterocycles. The number of hydrogen-bond donors (Lipinski definition) is 18. The summed E-state index contributed by atoms with van der Waals surface area (Å²) in [7, 11) is 1.23. The summed E-state index contributed by atoms with van der Waals surface area (Å²) in [5.74, 6) is -3.83. The number of rotatable bonds is 36. The Morgan fingerprint density at radius 1 is 0.427 bits per heavy atom. The average Bonchev–Trinajstić information content (AvgIpc) is 1.52. The van der Waals surface area contributed by atoms with Gasteiger partial charge in [-0.05, 0) is 39.0 Å². The third-order valence-electron chi connectivity index (χ3n) is 21.8. The highest BCUT2D eigenvalue weighted by Crippen LogP contribution is 2.56. The molecule has 0 aromatic carbocycles. The van der Waals surface area contributed by atoms with Crippen LogP contribution in [-0.4, -0.2) is 343 Å². The van der Waals surface area contributed by atoms with Gasteiger partial charge in [0.05, 0.1) is 69.3 Å². The first-order valence-corrected chi connectivity index (χ1v) is 35.5. The minimum atomic E-state index is -2.32. The Balaban J connectivity index is 0.777. The lowest BCUT2D eigenvalue weighted by Gasteiger charge is -2.55. The van der Waals surface area contributed by atoms with Gasteiger partial charge in [-0.2, -0.15) is 0 Å². The molecule has 5 amide bonds. The molecule has 0 aliphatic carbocycles. The van der Waals surface area contributed by atoms with E-state index in [9.17, 15) is 90.4 Å². The Kier molecular flexibility index (Phi) is 25.0. The fourth-order valence-electron chi connectivity index (χ4n) is 16.7. The van der Waals surface area contributed by atoms with Crippen molar-refractivity contribution in [1.82, 2.24) is 51.9 Å². The standard InChI is InChI=1S/C63H104N10O30/c1-8-9-10-11-12-13-14-15-16-17-18-19-20-21-22-23-39(82)68-60-48(86)41(84)34(24-74)69(60)100-55(60)95-43-35(25-75)70-61(50(43)88,65-31(4)79)56(101-70)96-44-36(26-76)71-62(51(44)89,66-32(5)80)57(102-71)97-45-37(27-77)72-63(52(45)90,67-33(6)81)58(103-72)98-46-38(73-59(49(46)87,54(91)99-73)64-30(3)78)28-93-53-47(92-7)42(85)40(83)29(2)94-53/h13-14,29,34-38,40-58,74-77,83-91H,8-12,15-28H2,1-7H3,(H,64,78)(H,65,79)(H,66,80)(H,67,81)(H,68,82)/b14-13-/t29?,34?,35?,36?,37?,38?,40-,41-,42?,43-,44-,45-,46-,47?,48?,49?,50?,51?,52?,53-,54?,55-,56-,57-,58-,59-,60?,61?,62?,63?/m1/s1. The van der Waals surface area contributed by atoms with E-state index in [-0.39, 0.29) is 6.42 Å². The second-order valence-corrected chi connectivity index (χ2v) is 28.5. The maximum absolute atomic E-state index is 13.8. The van der Waals surface area contributed by atoms with Crippen molar-refractivity contribution < 1.29 is 148 Å². The molecule has 40 nitrogen and oxygen atoms in total. The third kappa shape index (κ3) is 13.4. The summed E-state index contributed by atoms with van der Waals surface area (Å²) in [5.41, 5.74) is -11.1. The van der Waals surface area contributed by atoms with Gasteiger partial charge in [0.1, 0.15) is 79.4 Å². The van der Waals surface area contributed by atoms with Crippen molar-refractivity contribution in [3.8, 4) is 0 Å². The highest BCUT2D eigenvalue weighted by atomic mass is 16.9. The highest BCUT2D eigenvalue weighted by Gasteiger charge is 2.82. The smallest absolute Gasteiger partial charge is 0.221 e. The van der Waals surface area contributed by atoms with Crippen LogP contribution in [-0.2, 0) is 81.3 Å². The molecule has 11 fully saturated rings. The zero-order valence-electron chi connectivity index (χ0n) is 58.5. The molecule has 0 aromatic heterocycles. The Morgan fingerprint density at radius 3 is 1.18 bits per heavy atom. The number of aliphatic hydroxyl groups excluding tert-OH is 13. The van der Waals surface area contributed by atoms with Gasteiger partial charge >= 0.3 is 0 Å². The highest BCUT2D eigenvalue weighted by molar-refractivity contribution is 5.77. The maximum Gasteiger partial charge on any atom is 0.221 e. The number of amides is 5. The molecule has 11 rings (SSSR count). The second-order valence-electron chi connectivity index (χ2n) is 28.5. The van der Waals surface area contributed by atoms with Crippen molar-refractivity contribution in [1.29, 1.82) is 0 Å². The molecule has 0 spiro atoms. The summed E-state index contributed by atoms with van der Waals surface area (Å²) in [6.07, 6.45) is -16.8. The molecule has 30 atom stereocenters. The summed E-state index contributed by atoms with van der Waals surface area (Å²) in [6, 6.07) is -7.12. The van der Waals surface area contributed by atoms with Gasteiger partial charge in [-0.15, -0.1) is 25.3 Å². The lowest BCUT2D eigenvalue weighted by atomic mass is 9.96. The Labute approximate surface area is 592 Å². The van der Waals surface area contributed by atoms with Gasteiger partial charge in [-0.25, -0.2) is 0 Å². The molecule has 18 unspecified atom stereocenters. The van der Waals surface area contributed by atoms with Crippen LogP contribution in [0.2, 0.25) is 0 Å². The quantitative estimate of drug-likeness (QED) is 0.0205. The Hall–Kier alpha value is -4.11. The summed E-state index contributed by atoms with van der Waals surface area (Å²) in [6.45, 7) is 3.83. The third-order valence-corrected chi connectivity index (χ3v) is 21.8. The molecule has 586 valence electrons. The van der Waals surface area contributed by atoms with E-state index in [2.05, 4.69) is 45.7 Å². The molecular formula is C63H104N10O30. The van der Waals surface area contributed by atoms with Crippen molar-refractivity contribution in [2.45, 2.75) is 313 Å². The number of carbonyl (C=O) groups excluding carboxylic acids is 5. The lowest BCUT2D eigenvalue weighted by Crippen LogP contribution is -2.81. The van der Waals surface area contributed by atoms with Crippen molar-refractivity contribution in [3.63, 3.8) is 0 Å². The summed E-state index contributed by atoms with van der Waals surface area (Å²) in [5, 5.41) is 167. The largest absolute Gasteiger partial charge is 0.395 e. The Bertz CT molecular complexity index is 3000. The van der Waals surface area contributed by atoms with Crippen molar-refractivity contribution in [2.24, 2.45) is 0 Å². The number of nitrogens with zero attached hydrogens (tertiary/aromatic N) is 5. The minimum Gasteiger partial charge on any atom is -0.395 e. The second kappa shape index (κ2) is 32.2.